The maximum absolute atomic E-state index is 10.5. The molecule has 0 aliphatic carbocycles. The highest BCUT2D eigenvalue weighted by Gasteiger charge is 2.18. The minimum Gasteiger partial charge on any atom is -0.403 e. The molecule has 1 aromatic rings. The summed E-state index contributed by atoms with van der Waals surface area (Å²) in [7, 11) is -4.52. The number of halogens is 2. The molecule has 0 amide bonds. The summed E-state index contributed by atoms with van der Waals surface area (Å²) in [6, 6.07) is 4.49. The normalized spacial score (nSPS) is 11.4. The largest absolute Gasteiger partial charge is 0.524 e. The molecule has 0 saturated carbocycles. The Morgan fingerprint density at radius 1 is 1.46 bits per heavy atom. The monoisotopic (exact) mass is 286 g/mol. The van der Waals surface area contributed by atoms with Gasteiger partial charge in [-0.05, 0) is 28.1 Å². The molecule has 1 rings (SSSR count). The quantitative estimate of drug-likeness (QED) is 0.820. The fourth-order valence-corrected chi connectivity index (χ4v) is 1.73. The summed E-state index contributed by atoms with van der Waals surface area (Å²) >= 11 is 8.70. The molecule has 1 aromatic carbocycles. The van der Waals surface area contributed by atoms with Crippen LogP contribution in [0.4, 0.5) is 0 Å². The van der Waals surface area contributed by atoms with Crippen LogP contribution in [0.25, 0.3) is 0 Å². The van der Waals surface area contributed by atoms with Crippen molar-refractivity contribution in [2.45, 2.75) is 0 Å². The van der Waals surface area contributed by atoms with Crippen LogP contribution in [0.1, 0.15) is 0 Å². The van der Waals surface area contributed by atoms with Crippen molar-refractivity contribution < 1.29 is 18.9 Å². The van der Waals surface area contributed by atoms with Crippen molar-refractivity contribution in [1.82, 2.24) is 0 Å². The Labute approximate surface area is 87.9 Å². The second-order valence-corrected chi connectivity index (χ2v) is 4.50. The van der Waals surface area contributed by atoms with E-state index in [4.69, 9.17) is 21.4 Å². The van der Waals surface area contributed by atoms with Gasteiger partial charge in [-0.2, -0.15) is 0 Å². The Morgan fingerprint density at radius 2 is 2.08 bits per heavy atom. The molecular formula is C6H5BrClO4P. The molecule has 2 N–H and O–H groups in total. The van der Waals surface area contributed by atoms with Gasteiger partial charge in [0, 0.05) is 0 Å². The third-order valence-corrected chi connectivity index (χ3v) is 2.93. The number of rotatable bonds is 2. The van der Waals surface area contributed by atoms with Gasteiger partial charge in [-0.25, -0.2) is 4.57 Å². The topological polar surface area (TPSA) is 66.8 Å². The fourth-order valence-electron chi connectivity index (χ4n) is 0.683. The van der Waals surface area contributed by atoms with Gasteiger partial charge >= 0.3 is 7.82 Å². The van der Waals surface area contributed by atoms with E-state index in [1.165, 1.54) is 12.1 Å². The standard InChI is InChI=1S/C6H5BrClO4P/c7-6-4(8)2-1-3-5(6)12-13(9,10)11/h1-3H,(H2,9,10,11). The van der Waals surface area contributed by atoms with Crippen LogP contribution in [0.2, 0.25) is 5.02 Å². The van der Waals surface area contributed by atoms with Crippen molar-refractivity contribution >= 4 is 35.4 Å². The minimum atomic E-state index is -4.52. The van der Waals surface area contributed by atoms with Crippen molar-refractivity contribution in [2.75, 3.05) is 0 Å². The zero-order chi connectivity index (χ0) is 10.1. The van der Waals surface area contributed by atoms with Crippen molar-refractivity contribution in [3.05, 3.63) is 27.7 Å². The highest BCUT2D eigenvalue weighted by Crippen LogP contribution is 2.42. The van der Waals surface area contributed by atoms with Gasteiger partial charge in [-0.15, -0.1) is 0 Å². The van der Waals surface area contributed by atoms with E-state index < -0.39 is 7.82 Å². The van der Waals surface area contributed by atoms with E-state index >= 15 is 0 Å². The summed E-state index contributed by atoms with van der Waals surface area (Å²) < 4.78 is 15.1. The lowest BCUT2D eigenvalue weighted by atomic mass is 10.3. The summed E-state index contributed by atoms with van der Waals surface area (Å²) in [5, 5.41) is 0.325. The van der Waals surface area contributed by atoms with E-state index in [0.717, 1.165) is 0 Å². The molecule has 0 aliphatic heterocycles. The summed E-state index contributed by atoms with van der Waals surface area (Å²) in [5.74, 6) is 0.0147. The van der Waals surface area contributed by atoms with Gasteiger partial charge in [0.1, 0.15) is 5.75 Å². The fraction of sp³-hybridized carbons (Fsp3) is 0. The molecule has 0 saturated heterocycles. The molecule has 4 nitrogen and oxygen atoms in total. The predicted octanol–water partition coefficient (Wildman–Crippen LogP) is 2.57. The Hall–Kier alpha value is -0.0600. The number of benzene rings is 1. The van der Waals surface area contributed by atoms with Gasteiger partial charge in [-0.1, -0.05) is 17.7 Å². The van der Waals surface area contributed by atoms with Crippen LogP contribution in [0.15, 0.2) is 22.7 Å². The first kappa shape index (κ1) is 11.0. The lowest BCUT2D eigenvalue weighted by molar-refractivity contribution is 0.282. The van der Waals surface area contributed by atoms with Crippen LogP contribution in [0.5, 0.6) is 5.75 Å². The summed E-state index contributed by atoms with van der Waals surface area (Å²) in [6.45, 7) is 0. The third kappa shape index (κ3) is 3.29. The first-order valence-corrected chi connectivity index (χ1v) is 5.79. The molecule has 0 radical (unpaired) electrons. The molecule has 7 heteroatoms. The average molecular weight is 287 g/mol. The van der Waals surface area contributed by atoms with E-state index in [9.17, 15) is 4.57 Å². The Bertz CT molecular complexity index is 364. The van der Waals surface area contributed by atoms with E-state index in [1.807, 2.05) is 0 Å². The highest BCUT2D eigenvalue weighted by molar-refractivity contribution is 9.10. The van der Waals surface area contributed by atoms with E-state index in [2.05, 4.69) is 20.5 Å². The highest BCUT2D eigenvalue weighted by atomic mass is 79.9. The molecule has 13 heavy (non-hydrogen) atoms. The van der Waals surface area contributed by atoms with Gasteiger partial charge < -0.3 is 4.52 Å². The van der Waals surface area contributed by atoms with Crippen LogP contribution < -0.4 is 4.52 Å². The van der Waals surface area contributed by atoms with Crippen molar-refractivity contribution in [2.24, 2.45) is 0 Å². The van der Waals surface area contributed by atoms with Crippen molar-refractivity contribution in [3.63, 3.8) is 0 Å². The summed E-state index contributed by atoms with van der Waals surface area (Å²) in [4.78, 5) is 17.0. The lowest BCUT2D eigenvalue weighted by Crippen LogP contribution is -1.90. The van der Waals surface area contributed by atoms with Gasteiger partial charge in [0.2, 0.25) is 0 Å². The molecule has 0 heterocycles. The number of phosphoric acid groups is 1. The number of hydrogen-bond donors (Lipinski definition) is 2. The van der Waals surface area contributed by atoms with E-state index in [-0.39, 0.29) is 5.75 Å². The van der Waals surface area contributed by atoms with Crippen LogP contribution in [0.3, 0.4) is 0 Å². The molecular weight excluding hydrogens is 282 g/mol. The Kier molecular flexibility index (Phi) is 3.38. The molecule has 72 valence electrons. The number of phosphoric ester groups is 1. The number of hydrogen-bond acceptors (Lipinski definition) is 2. The first-order chi connectivity index (χ1) is 5.90. The zero-order valence-corrected chi connectivity index (χ0v) is 9.38. The van der Waals surface area contributed by atoms with Crippen molar-refractivity contribution in [3.8, 4) is 5.75 Å². The summed E-state index contributed by atoms with van der Waals surface area (Å²) in [5.41, 5.74) is 0. The first-order valence-electron chi connectivity index (χ1n) is 3.09. The van der Waals surface area contributed by atoms with Crippen LogP contribution in [0, 0.1) is 0 Å². The van der Waals surface area contributed by atoms with Gasteiger partial charge in [-0.3, -0.25) is 9.79 Å². The maximum atomic E-state index is 10.5. The summed E-state index contributed by atoms with van der Waals surface area (Å²) in [6.07, 6.45) is 0. The molecule has 0 bridgehead atoms. The Balaban J connectivity index is 3.03. The molecule has 0 aromatic heterocycles. The van der Waals surface area contributed by atoms with Crippen LogP contribution in [-0.2, 0) is 4.57 Å². The Morgan fingerprint density at radius 3 is 2.62 bits per heavy atom. The predicted molar refractivity (Wildman–Crippen MR) is 51.8 cm³/mol. The maximum Gasteiger partial charge on any atom is 0.524 e. The van der Waals surface area contributed by atoms with Gasteiger partial charge in [0.25, 0.3) is 0 Å². The molecule has 0 fully saturated rings. The molecule has 0 unspecified atom stereocenters. The lowest BCUT2D eigenvalue weighted by Gasteiger charge is -2.08. The zero-order valence-electron chi connectivity index (χ0n) is 6.15. The second kappa shape index (κ2) is 3.98. The van der Waals surface area contributed by atoms with Crippen LogP contribution >= 0.6 is 35.4 Å². The molecule has 0 atom stereocenters. The van der Waals surface area contributed by atoms with Crippen molar-refractivity contribution in [1.29, 1.82) is 0 Å². The average Bonchev–Trinajstić information content (AvgIpc) is 1.96. The van der Waals surface area contributed by atoms with E-state index in [0.29, 0.717) is 9.50 Å². The molecule has 0 spiro atoms. The van der Waals surface area contributed by atoms with E-state index in [1.54, 1.807) is 6.07 Å². The van der Waals surface area contributed by atoms with Gasteiger partial charge in [0.15, 0.2) is 0 Å². The smallest absolute Gasteiger partial charge is 0.403 e. The third-order valence-electron chi connectivity index (χ3n) is 1.13. The second-order valence-electron chi connectivity index (χ2n) is 2.13. The molecule has 0 aliphatic rings. The van der Waals surface area contributed by atoms with Crippen LogP contribution in [-0.4, -0.2) is 9.79 Å². The van der Waals surface area contributed by atoms with Gasteiger partial charge in [0.05, 0.1) is 9.50 Å². The minimum absolute atomic E-state index is 0.0147. The SMILES string of the molecule is O=P(O)(O)Oc1cccc(Cl)c1Br.